The molecule has 1 aromatic rings. The Hall–Kier alpha value is -1.29. The van der Waals surface area contributed by atoms with E-state index in [2.05, 4.69) is 4.90 Å². The fourth-order valence-corrected chi connectivity index (χ4v) is 2.30. The van der Waals surface area contributed by atoms with Gasteiger partial charge in [0.25, 0.3) is 0 Å². The van der Waals surface area contributed by atoms with E-state index in [4.69, 9.17) is 5.73 Å². The van der Waals surface area contributed by atoms with Crippen LogP contribution in [0.4, 0.5) is 15.8 Å². The maximum Gasteiger partial charge on any atom is 0.127 e. The molecule has 2 rings (SSSR count). The highest BCUT2D eigenvalue weighted by molar-refractivity contribution is 5.56. The van der Waals surface area contributed by atoms with E-state index in [0.29, 0.717) is 12.1 Å². The zero-order chi connectivity index (χ0) is 12.5. The monoisotopic (exact) mass is 238 g/mol. The third-order valence-corrected chi connectivity index (χ3v) is 3.33. The lowest BCUT2D eigenvalue weighted by Crippen LogP contribution is -2.28. The second-order valence-electron chi connectivity index (χ2n) is 5.08. The summed E-state index contributed by atoms with van der Waals surface area (Å²) < 4.78 is 13.3. The van der Waals surface area contributed by atoms with Crippen molar-refractivity contribution < 1.29 is 9.50 Å². The van der Waals surface area contributed by atoms with Crippen LogP contribution in [0.2, 0.25) is 0 Å². The molecule has 1 atom stereocenters. The zero-order valence-corrected chi connectivity index (χ0v) is 10.1. The van der Waals surface area contributed by atoms with Gasteiger partial charge in [-0.3, -0.25) is 0 Å². The summed E-state index contributed by atoms with van der Waals surface area (Å²) in [4.78, 5) is 2.08. The first kappa shape index (κ1) is 12.2. The van der Waals surface area contributed by atoms with Gasteiger partial charge in [0.15, 0.2) is 0 Å². The summed E-state index contributed by atoms with van der Waals surface area (Å²) in [5.74, 6) is -0.309. The fourth-order valence-electron chi connectivity index (χ4n) is 2.30. The zero-order valence-electron chi connectivity index (χ0n) is 10.1. The van der Waals surface area contributed by atoms with Crippen LogP contribution in [-0.2, 0) is 0 Å². The average Bonchev–Trinajstić information content (AvgIpc) is 2.38. The molecule has 1 aliphatic rings. The minimum Gasteiger partial charge on any atom is -0.399 e. The molecule has 0 bridgehead atoms. The van der Waals surface area contributed by atoms with E-state index in [-0.39, 0.29) is 5.82 Å². The second-order valence-corrected chi connectivity index (χ2v) is 5.08. The Labute approximate surface area is 101 Å². The van der Waals surface area contributed by atoms with Crippen LogP contribution in [0.25, 0.3) is 0 Å². The summed E-state index contributed by atoms with van der Waals surface area (Å²) in [5.41, 5.74) is 6.29. The van der Waals surface area contributed by atoms with Gasteiger partial charge >= 0.3 is 0 Å². The molecule has 94 valence electrons. The van der Waals surface area contributed by atoms with Gasteiger partial charge in [0.05, 0.1) is 5.60 Å². The van der Waals surface area contributed by atoms with Gasteiger partial charge < -0.3 is 15.7 Å². The van der Waals surface area contributed by atoms with Crippen LogP contribution in [0.5, 0.6) is 0 Å². The predicted molar refractivity (Wildman–Crippen MR) is 67.5 cm³/mol. The molecule has 1 heterocycles. The Bertz CT molecular complexity index is 386. The average molecular weight is 238 g/mol. The van der Waals surface area contributed by atoms with Crippen molar-refractivity contribution in [2.75, 3.05) is 23.7 Å². The maximum atomic E-state index is 13.3. The number of nitrogen functional groups attached to an aromatic ring is 1. The first-order valence-electron chi connectivity index (χ1n) is 6.00. The highest BCUT2D eigenvalue weighted by Crippen LogP contribution is 2.26. The summed E-state index contributed by atoms with van der Waals surface area (Å²) >= 11 is 0. The summed E-state index contributed by atoms with van der Waals surface area (Å²) in [6.07, 6.45) is 2.39. The number of nitrogens with zero attached hydrogens (tertiary/aromatic N) is 1. The second kappa shape index (κ2) is 4.53. The largest absolute Gasteiger partial charge is 0.399 e. The smallest absolute Gasteiger partial charge is 0.127 e. The molecule has 0 amide bonds. The molecule has 0 radical (unpaired) electrons. The van der Waals surface area contributed by atoms with Crippen molar-refractivity contribution in [2.45, 2.75) is 31.8 Å². The number of halogens is 1. The van der Waals surface area contributed by atoms with Crippen LogP contribution in [0.1, 0.15) is 26.2 Å². The van der Waals surface area contributed by atoms with E-state index in [1.807, 2.05) is 6.92 Å². The Kier molecular flexibility index (Phi) is 3.24. The summed E-state index contributed by atoms with van der Waals surface area (Å²) in [6.45, 7) is 3.42. The molecule has 1 unspecified atom stereocenters. The molecule has 0 saturated carbocycles. The normalized spacial score (nSPS) is 25.7. The lowest BCUT2D eigenvalue weighted by molar-refractivity contribution is 0.0481. The topological polar surface area (TPSA) is 49.5 Å². The van der Waals surface area contributed by atoms with E-state index in [1.54, 1.807) is 6.07 Å². The van der Waals surface area contributed by atoms with E-state index in [1.165, 1.54) is 12.1 Å². The van der Waals surface area contributed by atoms with Crippen molar-refractivity contribution >= 4 is 11.4 Å². The van der Waals surface area contributed by atoms with E-state index < -0.39 is 5.60 Å². The Morgan fingerprint density at radius 3 is 2.76 bits per heavy atom. The van der Waals surface area contributed by atoms with Crippen LogP contribution in [-0.4, -0.2) is 23.8 Å². The van der Waals surface area contributed by atoms with Crippen molar-refractivity contribution in [3.05, 3.63) is 24.0 Å². The first-order chi connectivity index (χ1) is 7.96. The molecule has 1 fully saturated rings. The van der Waals surface area contributed by atoms with Crippen molar-refractivity contribution in [3.63, 3.8) is 0 Å². The molecule has 1 aromatic carbocycles. The summed E-state index contributed by atoms with van der Waals surface area (Å²) in [7, 11) is 0. The quantitative estimate of drug-likeness (QED) is 0.737. The van der Waals surface area contributed by atoms with Gasteiger partial charge in [-0.15, -0.1) is 0 Å². The van der Waals surface area contributed by atoms with Gasteiger partial charge in [-0.1, -0.05) is 0 Å². The number of rotatable bonds is 1. The first-order valence-corrected chi connectivity index (χ1v) is 6.00. The number of benzene rings is 1. The number of hydrogen-bond acceptors (Lipinski definition) is 3. The fraction of sp³-hybridized carbons (Fsp3) is 0.538. The molecule has 17 heavy (non-hydrogen) atoms. The minimum absolute atomic E-state index is 0.309. The van der Waals surface area contributed by atoms with E-state index >= 15 is 0 Å². The van der Waals surface area contributed by atoms with Crippen LogP contribution < -0.4 is 10.6 Å². The van der Waals surface area contributed by atoms with Crippen LogP contribution in [0.15, 0.2) is 18.2 Å². The van der Waals surface area contributed by atoms with Crippen LogP contribution in [0, 0.1) is 5.82 Å². The van der Waals surface area contributed by atoms with Crippen molar-refractivity contribution in [1.29, 1.82) is 0 Å². The van der Waals surface area contributed by atoms with Crippen molar-refractivity contribution in [1.82, 2.24) is 0 Å². The molecule has 0 aromatic heterocycles. The molecular formula is C13H19FN2O. The van der Waals surface area contributed by atoms with Gasteiger partial charge in [-0.25, -0.2) is 4.39 Å². The van der Waals surface area contributed by atoms with Crippen molar-refractivity contribution in [2.24, 2.45) is 0 Å². The molecule has 4 heteroatoms. The molecular weight excluding hydrogens is 219 g/mol. The highest BCUT2D eigenvalue weighted by atomic mass is 19.1. The predicted octanol–water partition coefficient (Wildman–Crippen LogP) is 2.15. The molecule has 0 aliphatic carbocycles. The molecule has 3 N–H and O–H groups in total. The van der Waals surface area contributed by atoms with E-state index in [0.717, 1.165) is 31.6 Å². The Morgan fingerprint density at radius 2 is 2.06 bits per heavy atom. The number of aliphatic hydroxyl groups is 1. The van der Waals surface area contributed by atoms with Gasteiger partial charge in [0.2, 0.25) is 0 Å². The third-order valence-electron chi connectivity index (χ3n) is 3.33. The lowest BCUT2D eigenvalue weighted by atomic mass is 9.98. The van der Waals surface area contributed by atoms with Gasteiger partial charge in [0, 0.05) is 24.5 Å². The lowest BCUT2D eigenvalue weighted by Gasteiger charge is -2.24. The Balaban J connectivity index is 2.17. The highest BCUT2D eigenvalue weighted by Gasteiger charge is 2.25. The van der Waals surface area contributed by atoms with Gasteiger partial charge in [0.1, 0.15) is 5.82 Å². The van der Waals surface area contributed by atoms with Crippen LogP contribution in [0.3, 0.4) is 0 Å². The van der Waals surface area contributed by atoms with Crippen LogP contribution >= 0.6 is 0 Å². The van der Waals surface area contributed by atoms with E-state index in [9.17, 15) is 9.50 Å². The summed E-state index contributed by atoms with van der Waals surface area (Å²) in [6, 6.07) is 4.59. The third kappa shape index (κ3) is 3.09. The molecule has 1 aliphatic heterocycles. The minimum atomic E-state index is -0.604. The van der Waals surface area contributed by atoms with Gasteiger partial charge in [-0.05, 0) is 44.4 Å². The maximum absolute atomic E-state index is 13.3. The summed E-state index contributed by atoms with van der Waals surface area (Å²) in [5, 5.41) is 10.0. The van der Waals surface area contributed by atoms with Gasteiger partial charge in [-0.2, -0.15) is 0 Å². The number of anilines is 2. The molecule has 3 nitrogen and oxygen atoms in total. The number of hydrogen-bond donors (Lipinski definition) is 2. The Morgan fingerprint density at radius 1 is 1.29 bits per heavy atom. The SMILES string of the molecule is CC1(O)CCCN(c2cc(N)cc(F)c2)CC1. The standard InChI is InChI=1S/C13H19FN2O/c1-13(17)3-2-5-16(6-4-13)12-8-10(14)7-11(15)9-12/h7-9,17H,2-6,15H2,1H3. The molecule has 1 saturated heterocycles. The molecule has 0 spiro atoms. The van der Waals surface area contributed by atoms with Crippen molar-refractivity contribution in [3.8, 4) is 0 Å². The number of nitrogens with two attached hydrogens (primary N) is 1.